The molecule has 0 amide bonds. The standard InChI is InChI=1S/C20H21NO7S/c22-19(23)20(24,21-29(25,26)12-13-6-2-1-3-7-13)28-17-11-5-9-15-14-8-4-10-16(14)27-18(15)17/h1-3,5-7,9,11,14,16,21,24H,4,8,10,12H2,(H,22,23). The first-order valence-electron chi connectivity index (χ1n) is 9.27. The zero-order valence-corrected chi connectivity index (χ0v) is 16.3. The number of para-hydroxylation sites is 1. The maximum atomic E-state index is 12.5. The number of fused-ring (bicyclic) bond motifs is 3. The minimum absolute atomic E-state index is 0.0116. The molecule has 3 N–H and O–H groups in total. The predicted octanol–water partition coefficient (Wildman–Crippen LogP) is 1.94. The van der Waals surface area contributed by atoms with E-state index >= 15 is 0 Å². The van der Waals surface area contributed by atoms with Gasteiger partial charge in [-0.05, 0) is 30.9 Å². The van der Waals surface area contributed by atoms with Gasteiger partial charge in [-0.25, -0.2) is 13.2 Å². The van der Waals surface area contributed by atoms with Gasteiger partial charge in [0.2, 0.25) is 10.0 Å². The summed E-state index contributed by atoms with van der Waals surface area (Å²) >= 11 is 0. The first kappa shape index (κ1) is 19.7. The molecule has 0 spiro atoms. The van der Waals surface area contributed by atoms with E-state index in [9.17, 15) is 23.4 Å². The van der Waals surface area contributed by atoms with Crippen molar-refractivity contribution in [2.45, 2.75) is 42.9 Å². The van der Waals surface area contributed by atoms with Gasteiger partial charge in [0.1, 0.15) is 6.10 Å². The Morgan fingerprint density at radius 3 is 2.66 bits per heavy atom. The molecule has 0 bridgehead atoms. The molecule has 1 heterocycles. The summed E-state index contributed by atoms with van der Waals surface area (Å²) in [6.45, 7) is 0. The van der Waals surface area contributed by atoms with Gasteiger partial charge in [-0.2, -0.15) is 0 Å². The van der Waals surface area contributed by atoms with Crippen molar-refractivity contribution in [1.82, 2.24) is 4.72 Å². The molecule has 0 saturated heterocycles. The van der Waals surface area contributed by atoms with Crippen molar-refractivity contribution < 1.29 is 32.9 Å². The molecule has 4 rings (SSSR count). The number of hydrogen-bond donors (Lipinski definition) is 3. The predicted molar refractivity (Wildman–Crippen MR) is 103 cm³/mol. The summed E-state index contributed by atoms with van der Waals surface area (Å²) in [6.07, 6.45) is 2.86. The van der Waals surface area contributed by atoms with Crippen LogP contribution in [0.25, 0.3) is 0 Å². The zero-order valence-electron chi connectivity index (χ0n) is 15.4. The van der Waals surface area contributed by atoms with E-state index in [1.807, 2.05) is 6.07 Å². The molecule has 2 aromatic carbocycles. The molecular weight excluding hydrogens is 398 g/mol. The van der Waals surface area contributed by atoms with Crippen molar-refractivity contribution in [2.24, 2.45) is 0 Å². The van der Waals surface area contributed by atoms with Crippen LogP contribution < -0.4 is 14.2 Å². The van der Waals surface area contributed by atoms with E-state index in [1.165, 1.54) is 6.07 Å². The van der Waals surface area contributed by atoms with Gasteiger partial charge in [-0.1, -0.05) is 42.5 Å². The molecule has 154 valence electrons. The van der Waals surface area contributed by atoms with Crippen LogP contribution in [-0.2, 0) is 20.6 Å². The quantitative estimate of drug-likeness (QED) is 0.586. The number of carboxylic acids is 1. The Morgan fingerprint density at radius 1 is 1.17 bits per heavy atom. The Bertz CT molecular complexity index is 1020. The number of sulfonamides is 1. The average Bonchev–Trinajstić information content (AvgIpc) is 3.23. The van der Waals surface area contributed by atoms with E-state index < -0.39 is 27.7 Å². The van der Waals surface area contributed by atoms with Gasteiger partial charge in [0.15, 0.2) is 11.5 Å². The molecule has 3 unspecified atom stereocenters. The molecule has 29 heavy (non-hydrogen) atoms. The zero-order chi connectivity index (χ0) is 20.6. The van der Waals surface area contributed by atoms with Crippen molar-refractivity contribution in [3.63, 3.8) is 0 Å². The van der Waals surface area contributed by atoms with Gasteiger partial charge < -0.3 is 19.7 Å². The van der Waals surface area contributed by atoms with Crippen molar-refractivity contribution in [1.29, 1.82) is 0 Å². The van der Waals surface area contributed by atoms with Crippen molar-refractivity contribution in [3.8, 4) is 11.5 Å². The molecule has 1 fully saturated rings. The molecule has 1 aliphatic heterocycles. The van der Waals surface area contributed by atoms with Crippen LogP contribution in [0.3, 0.4) is 0 Å². The average molecular weight is 419 g/mol. The van der Waals surface area contributed by atoms with E-state index in [0.717, 1.165) is 24.8 Å². The number of benzene rings is 2. The fourth-order valence-electron chi connectivity index (χ4n) is 3.91. The Kier molecular flexibility index (Phi) is 4.97. The lowest BCUT2D eigenvalue weighted by molar-refractivity contribution is -0.197. The molecule has 1 aliphatic carbocycles. The number of ether oxygens (including phenoxy) is 2. The van der Waals surface area contributed by atoms with Crippen LogP contribution in [0.5, 0.6) is 11.5 Å². The molecule has 1 saturated carbocycles. The topological polar surface area (TPSA) is 122 Å². The van der Waals surface area contributed by atoms with Gasteiger partial charge in [0.25, 0.3) is 0 Å². The maximum absolute atomic E-state index is 12.5. The fraction of sp³-hybridized carbons (Fsp3) is 0.350. The molecule has 2 aliphatic rings. The number of rotatable bonds is 7. The van der Waals surface area contributed by atoms with Crippen molar-refractivity contribution >= 4 is 16.0 Å². The van der Waals surface area contributed by atoms with Crippen molar-refractivity contribution in [2.75, 3.05) is 0 Å². The van der Waals surface area contributed by atoms with E-state index in [4.69, 9.17) is 9.47 Å². The highest BCUT2D eigenvalue weighted by molar-refractivity contribution is 7.88. The first-order valence-corrected chi connectivity index (χ1v) is 10.9. The number of aliphatic carboxylic acids is 1. The highest BCUT2D eigenvalue weighted by Gasteiger charge is 2.46. The van der Waals surface area contributed by atoms with Gasteiger partial charge in [0.05, 0.1) is 5.75 Å². The summed E-state index contributed by atoms with van der Waals surface area (Å²) < 4.78 is 37.9. The Labute approximate surface area is 168 Å². The number of hydrogen-bond acceptors (Lipinski definition) is 6. The van der Waals surface area contributed by atoms with Crippen LogP contribution in [0.2, 0.25) is 0 Å². The van der Waals surface area contributed by atoms with Crippen LogP contribution >= 0.6 is 0 Å². The number of carbonyl (C=O) groups is 1. The van der Waals surface area contributed by atoms with Crippen LogP contribution in [-0.4, -0.2) is 36.6 Å². The van der Waals surface area contributed by atoms with E-state index in [1.54, 1.807) is 41.1 Å². The summed E-state index contributed by atoms with van der Waals surface area (Å²) in [5, 5.41) is 20.0. The Morgan fingerprint density at radius 2 is 1.93 bits per heavy atom. The maximum Gasteiger partial charge on any atom is 0.395 e. The molecule has 0 aromatic heterocycles. The Balaban J connectivity index is 1.59. The second kappa shape index (κ2) is 7.33. The largest absolute Gasteiger partial charge is 0.486 e. The third-order valence-electron chi connectivity index (χ3n) is 5.17. The lowest BCUT2D eigenvalue weighted by Gasteiger charge is -2.26. The second-order valence-corrected chi connectivity index (χ2v) is 8.99. The summed E-state index contributed by atoms with van der Waals surface area (Å²) in [6, 6.07) is 13.2. The van der Waals surface area contributed by atoms with E-state index in [-0.39, 0.29) is 17.8 Å². The summed E-state index contributed by atoms with van der Waals surface area (Å²) in [4.78, 5) is 11.7. The summed E-state index contributed by atoms with van der Waals surface area (Å²) in [7, 11) is -4.23. The van der Waals surface area contributed by atoms with E-state index in [0.29, 0.717) is 11.3 Å². The molecule has 2 aromatic rings. The number of aliphatic hydroxyl groups is 1. The van der Waals surface area contributed by atoms with Crippen LogP contribution in [0.1, 0.15) is 36.3 Å². The summed E-state index contributed by atoms with van der Waals surface area (Å²) in [5.41, 5.74) is 1.31. The molecule has 9 heteroatoms. The third kappa shape index (κ3) is 3.93. The smallest absolute Gasteiger partial charge is 0.395 e. The number of carboxylic acid groups (broad SMARTS) is 1. The van der Waals surface area contributed by atoms with Crippen LogP contribution in [0.15, 0.2) is 48.5 Å². The molecular formula is C20H21NO7S. The lowest BCUT2D eigenvalue weighted by atomic mass is 9.97. The highest BCUT2D eigenvalue weighted by atomic mass is 32.2. The SMILES string of the molecule is O=C(O)C(O)(NS(=O)(=O)Cc1ccccc1)Oc1cccc2c1OC1CCCC21. The number of nitrogens with one attached hydrogen (secondary N) is 1. The van der Waals surface area contributed by atoms with Gasteiger partial charge in [0, 0.05) is 11.5 Å². The summed E-state index contributed by atoms with van der Waals surface area (Å²) in [5.74, 6) is -5.05. The van der Waals surface area contributed by atoms with E-state index in [2.05, 4.69) is 0 Å². The molecule has 0 radical (unpaired) electrons. The molecule has 8 nitrogen and oxygen atoms in total. The Hall–Kier alpha value is -2.62. The minimum Gasteiger partial charge on any atom is -0.486 e. The molecule has 3 atom stereocenters. The van der Waals surface area contributed by atoms with Crippen LogP contribution in [0.4, 0.5) is 0 Å². The van der Waals surface area contributed by atoms with Crippen molar-refractivity contribution in [3.05, 3.63) is 59.7 Å². The highest BCUT2D eigenvalue weighted by Crippen LogP contribution is 2.50. The fourth-order valence-corrected chi connectivity index (χ4v) is 5.17. The minimum atomic E-state index is -4.23. The van der Waals surface area contributed by atoms with Gasteiger partial charge >= 0.3 is 11.9 Å². The second-order valence-electron chi connectivity index (χ2n) is 7.27. The van der Waals surface area contributed by atoms with Gasteiger partial charge in [-0.15, -0.1) is 4.72 Å². The monoisotopic (exact) mass is 419 g/mol. The van der Waals surface area contributed by atoms with Crippen LogP contribution in [0, 0.1) is 0 Å². The lowest BCUT2D eigenvalue weighted by Crippen LogP contribution is -2.59. The normalized spacial score (nSPS) is 22.2. The first-order chi connectivity index (χ1) is 13.8. The third-order valence-corrected chi connectivity index (χ3v) is 6.47. The van der Waals surface area contributed by atoms with Gasteiger partial charge in [-0.3, -0.25) is 0 Å².